The minimum atomic E-state index is 0.822. The molecule has 2 rings (SSSR count). The summed E-state index contributed by atoms with van der Waals surface area (Å²) >= 11 is 8.39. The molecule has 0 radical (unpaired) electrons. The molecular formula is C9H10S3. The van der Waals surface area contributed by atoms with Gasteiger partial charge in [0.25, 0.3) is 0 Å². The van der Waals surface area contributed by atoms with Gasteiger partial charge in [0.05, 0.1) is 0 Å². The Morgan fingerprint density at radius 1 is 1.33 bits per heavy atom. The molecule has 0 saturated carbocycles. The highest BCUT2D eigenvalue weighted by Gasteiger charge is 2.19. The lowest BCUT2D eigenvalue weighted by Crippen LogP contribution is -2.20. The summed E-state index contributed by atoms with van der Waals surface area (Å²) in [6, 6.07) is 8.31. The third-order valence-corrected chi connectivity index (χ3v) is 5.28. The molecule has 0 spiro atoms. The molecule has 0 nitrogen and oxygen atoms in total. The Labute approximate surface area is 86.9 Å². The summed E-state index contributed by atoms with van der Waals surface area (Å²) in [4.78, 5) is 2.44. The van der Waals surface area contributed by atoms with Crippen molar-refractivity contribution < 1.29 is 0 Å². The van der Waals surface area contributed by atoms with Crippen molar-refractivity contribution in [2.75, 3.05) is 11.5 Å². The SMILES string of the molecule is Sc1ccccc1SC1CSC1. The van der Waals surface area contributed by atoms with E-state index in [1.807, 2.05) is 29.6 Å². The van der Waals surface area contributed by atoms with Crippen LogP contribution in [0, 0.1) is 0 Å². The van der Waals surface area contributed by atoms with Crippen molar-refractivity contribution in [2.24, 2.45) is 0 Å². The van der Waals surface area contributed by atoms with Crippen LogP contribution in [-0.2, 0) is 0 Å². The van der Waals surface area contributed by atoms with E-state index in [9.17, 15) is 0 Å². The topological polar surface area (TPSA) is 0 Å². The molecule has 3 heteroatoms. The number of benzene rings is 1. The van der Waals surface area contributed by atoms with Crippen LogP contribution in [0.25, 0.3) is 0 Å². The van der Waals surface area contributed by atoms with Gasteiger partial charge >= 0.3 is 0 Å². The lowest BCUT2D eigenvalue weighted by molar-refractivity contribution is 1.07. The first-order valence-corrected chi connectivity index (χ1v) is 6.37. The Kier molecular flexibility index (Phi) is 2.94. The van der Waals surface area contributed by atoms with Crippen LogP contribution in [-0.4, -0.2) is 16.8 Å². The molecule has 0 bridgehead atoms. The van der Waals surface area contributed by atoms with Gasteiger partial charge in [0.2, 0.25) is 0 Å². The smallest absolute Gasteiger partial charge is 0.0276 e. The molecule has 1 aromatic rings. The molecule has 1 aliphatic rings. The number of rotatable bonds is 2. The summed E-state index contributed by atoms with van der Waals surface area (Å²) in [5.41, 5.74) is 0. The molecule has 1 aliphatic heterocycles. The Bertz CT molecular complexity index is 268. The summed E-state index contributed by atoms with van der Waals surface area (Å²) in [5, 5.41) is 0.822. The van der Waals surface area contributed by atoms with Crippen LogP contribution in [0.1, 0.15) is 0 Å². The summed E-state index contributed by atoms with van der Waals surface area (Å²) < 4.78 is 0. The third-order valence-electron chi connectivity index (χ3n) is 1.77. The summed E-state index contributed by atoms with van der Waals surface area (Å²) in [5.74, 6) is 2.60. The largest absolute Gasteiger partial charge is 0.160 e. The van der Waals surface area contributed by atoms with Crippen LogP contribution in [0.15, 0.2) is 34.1 Å². The molecule has 1 heterocycles. The van der Waals surface area contributed by atoms with Gasteiger partial charge in [-0.25, -0.2) is 0 Å². The lowest BCUT2D eigenvalue weighted by Gasteiger charge is -2.24. The maximum Gasteiger partial charge on any atom is 0.0276 e. The summed E-state index contributed by atoms with van der Waals surface area (Å²) in [7, 11) is 0. The van der Waals surface area contributed by atoms with E-state index >= 15 is 0 Å². The molecule has 0 atom stereocenters. The van der Waals surface area contributed by atoms with E-state index in [2.05, 4.69) is 30.8 Å². The van der Waals surface area contributed by atoms with Gasteiger partial charge in [-0.15, -0.1) is 24.4 Å². The first kappa shape index (κ1) is 8.85. The van der Waals surface area contributed by atoms with Gasteiger partial charge in [-0.05, 0) is 12.1 Å². The van der Waals surface area contributed by atoms with Crippen LogP contribution in [0.2, 0.25) is 0 Å². The monoisotopic (exact) mass is 214 g/mol. The first-order valence-electron chi connectivity index (χ1n) is 3.88. The average Bonchev–Trinajstić information content (AvgIpc) is 2.00. The predicted octanol–water partition coefficient (Wildman–Crippen LogP) is 3.18. The molecule has 1 fully saturated rings. The van der Waals surface area contributed by atoms with Crippen molar-refractivity contribution in [3.63, 3.8) is 0 Å². The molecule has 0 N–H and O–H groups in total. The number of thiol groups is 1. The second kappa shape index (κ2) is 3.99. The van der Waals surface area contributed by atoms with Gasteiger partial charge in [0.1, 0.15) is 0 Å². The van der Waals surface area contributed by atoms with Gasteiger partial charge in [-0.1, -0.05) is 12.1 Å². The van der Waals surface area contributed by atoms with E-state index in [4.69, 9.17) is 0 Å². The van der Waals surface area contributed by atoms with Crippen molar-refractivity contribution in [1.82, 2.24) is 0 Å². The van der Waals surface area contributed by atoms with Crippen molar-refractivity contribution in [3.05, 3.63) is 24.3 Å². The molecular weight excluding hydrogens is 204 g/mol. The van der Waals surface area contributed by atoms with E-state index in [0.717, 1.165) is 10.1 Å². The molecule has 0 aliphatic carbocycles. The number of thioether (sulfide) groups is 2. The van der Waals surface area contributed by atoms with Gasteiger partial charge in [0, 0.05) is 26.5 Å². The van der Waals surface area contributed by atoms with Crippen molar-refractivity contribution in [2.45, 2.75) is 15.0 Å². The summed E-state index contributed by atoms with van der Waals surface area (Å²) in [6.45, 7) is 0. The second-order valence-corrected chi connectivity index (χ2v) is 5.64. The molecule has 0 aromatic heterocycles. The molecule has 0 unspecified atom stereocenters. The third kappa shape index (κ3) is 1.95. The average molecular weight is 214 g/mol. The van der Waals surface area contributed by atoms with Crippen LogP contribution in [0.4, 0.5) is 0 Å². The van der Waals surface area contributed by atoms with Crippen LogP contribution in [0.3, 0.4) is 0 Å². The minimum Gasteiger partial charge on any atom is -0.160 e. The fourth-order valence-corrected chi connectivity index (χ4v) is 3.59. The Morgan fingerprint density at radius 3 is 2.67 bits per heavy atom. The Balaban J connectivity index is 2.06. The van der Waals surface area contributed by atoms with E-state index < -0.39 is 0 Å². The predicted molar refractivity (Wildman–Crippen MR) is 60.7 cm³/mol. The molecule has 12 heavy (non-hydrogen) atoms. The van der Waals surface area contributed by atoms with Crippen LogP contribution in [0.5, 0.6) is 0 Å². The maximum absolute atomic E-state index is 4.41. The zero-order chi connectivity index (χ0) is 8.39. The van der Waals surface area contributed by atoms with Gasteiger partial charge in [-0.2, -0.15) is 11.8 Å². The standard InChI is InChI=1S/C9H10S3/c10-8-3-1-2-4-9(8)12-7-5-11-6-7/h1-4,7,10H,5-6H2. The minimum absolute atomic E-state index is 0.822. The highest BCUT2D eigenvalue weighted by Crippen LogP contribution is 2.36. The molecule has 1 saturated heterocycles. The highest BCUT2D eigenvalue weighted by molar-refractivity contribution is 8.07. The van der Waals surface area contributed by atoms with Crippen molar-refractivity contribution in [3.8, 4) is 0 Å². The Hall–Kier alpha value is 0.270. The quantitative estimate of drug-likeness (QED) is 0.751. The Morgan fingerprint density at radius 2 is 2.08 bits per heavy atom. The number of hydrogen-bond donors (Lipinski definition) is 1. The molecule has 0 amide bonds. The fraction of sp³-hybridized carbons (Fsp3) is 0.333. The fourth-order valence-electron chi connectivity index (χ4n) is 1.02. The van der Waals surface area contributed by atoms with Gasteiger partial charge in [-0.3, -0.25) is 0 Å². The molecule has 64 valence electrons. The van der Waals surface area contributed by atoms with Gasteiger partial charge in [0.15, 0.2) is 0 Å². The number of hydrogen-bond acceptors (Lipinski definition) is 3. The van der Waals surface area contributed by atoms with Crippen molar-refractivity contribution in [1.29, 1.82) is 0 Å². The van der Waals surface area contributed by atoms with Gasteiger partial charge < -0.3 is 0 Å². The zero-order valence-electron chi connectivity index (χ0n) is 6.56. The second-order valence-electron chi connectivity index (χ2n) is 2.75. The van der Waals surface area contributed by atoms with E-state index in [1.165, 1.54) is 16.4 Å². The lowest BCUT2D eigenvalue weighted by atomic mass is 10.4. The highest BCUT2D eigenvalue weighted by atomic mass is 32.2. The maximum atomic E-state index is 4.41. The summed E-state index contributed by atoms with van der Waals surface area (Å²) in [6.07, 6.45) is 0. The van der Waals surface area contributed by atoms with Crippen LogP contribution >= 0.6 is 36.2 Å². The van der Waals surface area contributed by atoms with Crippen LogP contribution < -0.4 is 0 Å². The normalized spacial score (nSPS) is 17.4. The van der Waals surface area contributed by atoms with E-state index in [0.29, 0.717) is 0 Å². The molecule has 1 aromatic carbocycles. The van der Waals surface area contributed by atoms with E-state index in [1.54, 1.807) is 0 Å². The zero-order valence-corrected chi connectivity index (χ0v) is 9.09. The van der Waals surface area contributed by atoms with E-state index in [-0.39, 0.29) is 0 Å². The first-order chi connectivity index (χ1) is 5.86. The van der Waals surface area contributed by atoms with Crippen molar-refractivity contribution >= 4 is 36.2 Å².